The molecule has 2 aliphatic rings. The van der Waals surface area contributed by atoms with Gasteiger partial charge in [0.1, 0.15) is 18.0 Å². The van der Waals surface area contributed by atoms with Gasteiger partial charge in [-0.25, -0.2) is 24.3 Å². The minimum absolute atomic E-state index is 0.0526. The standard InChI is InChI=1S/C25H31ClN5O9P/c1-3-4-5-10-36-24(33)30-20-18-21(28-13-27-20)31(14-29-18)23-25(2,34)19(32)22(38-23)40-41(35)37-11-9-17(39-41)15-7-6-8-16(26)12-15/h6-8,12-14,17,19,22-23,32,34H,3-5,9-11H2,1-2H3,(H,27,28,30,33)/t17-,19+,22?,23+,25+,41-/m0/s1. The summed E-state index contributed by atoms with van der Waals surface area (Å²) in [4.78, 5) is 24.8. The van der Waals surface area contributed by atoms with Gasteiger partial charge in [0.05, 0.1) is 25.6 Å². The summed E-state index contributed by atoms with van der Waals surface area (Å²) in [5, 5.41) is 25.2. The average molecular weight is 612 g/mol. The molecule has 0 radical (unpaired) electrons. The number of hydrogen-bond acceptors (Lipinski definition) is 12. The van der Waals surface area contributed by atoms with E-state index in [4.69, 9.17) is 34.6 Å². The van der Waals surface area contributed by atoms with Crippen LogP contribution in [-0.2, 0) is 27.6 Å². The molecule has 0 bridgehead atoms. The molecule has 5 rings (SSSR count). The molecule has 1 aromatic carbocycles. The number of nitrogens with zero attached hydrogens (tertiary/aromatic N) is 4. The minimum Gasteiger partial charge on any atom is -0.449 e. The first kappa shape index (κ1) is 29.8. The predicted molar refractivity (Wildman–Crippen MR) is 145 cm³/mol. The van der Waals surface area contributed by atoms with Crippen LogP contribution in [-0.4, -0.2) is 67.0 Å². The molecule has 0 aliphatic carbocycles. The molecule has 41 heavy (non-hydrogen) atoms. The SMILES string of the molecule is CCCCCOC(=O)Nc1ncnc2c1ncn2[C@@H]1OC(O[P@@]2(=O)OCC[C@@H](c3cccc(Cl)c3)O2)[C@@H](O)[C@@]1(C)O. The molecule has 16 heteroatoms. The third-order valence-electron chi connectivity index (χ3n) is 6.77. The molecule has 0 saturated carbocycles. The van der Waals surface area contributed by atoms with E-state index in [1.165, 1.54) is 24.1 Å². The van der Waals surface area contributed by atoms with Gasteiger partial charge < -0.3 is 19.7 Å². The topological polar surface area (TPSA) is 176 Å². The van der Waals surface area contributed by atoms with Gasteiger partial charge in [-0.05, 0) is 31.0 Å². The van der Waals surface area contributed by atoms with E-state index < -0.39 is 44.2 Å². The monoisotopic (exact) mass is 611 g/mol. The van der Waals surface area contributed by atoms with Crippen molar-refractivity contribution in [1.82, 2.24) is 19.5 Å². The van der Waals surface area contributed by atoms with Gasteiger partial charge in [0.15, 0.2) is 23.2 Å². The van der Waals surface area contributed by atoms with E-state index >= 15 is 0 Å². The molecule has 6 atom stereocenters. The van der Waals surface area contributed by atoms with Crippen molar-refractivity contribution >= 4 is 42.5 Å². The highest BCUT2D eigenvalue weighted by molar-refractivity contribution is 7.48. The average Bonchev–Trinajstić information content (AvgIpc) is 3.46. The van der Waals surface area contributed by atoms with E-state index in [9.17, 15) is 19.6 Å². The second-order valence-electron chi connectivity index (χ2n) is 9.87. The molecule has 1 unspecified atom stereocenters. The van der Waals surface area contributed by atoms with Crippen molar-refractivity contribution in [2.45, 2.75) is 69.9 Å². The first-order valence-corrected chi connectivity index (χ1v) is 15.0. The van der Waals surface area contributed by atoms with E-state index in [2.05, 4.69) is 20.3 Å². The Hall–Kier alpha value is -2.68. The molecule has 2 fully saturated rings. The number of aromatic nitrogens is 4. The number of phosphoric acid groups is 1. The van der Waals surface area contributed by atoms with Crippen LogP contribution in [0.25, 0.3) is 11.2 Å². The molecular weight excluding hydrogens is 581 g/mol. The normalized spacial score (nSPS) is 30.0. The van der Waals surface area contributed by atoms with Gasteiger partial charge in [0.25, 0.3) is 0 Å². The number of carbonyl (C=O) groups excluding carboxylic acids is 1. The number of aliphatic hydroxyl groups is 2. The number of benzene rings is 1. The molecule has 3 N–H and O–H groups in total. The number of phosphoric ester groups is 1. The van der Waals surface area contributed by atoms with Gasteiger partial charge in [-0.3, -0.25) is 23.5 Å². The van der Waals surface area contributed by atoms with E-state index in [1.54, 1.807) is 24.3 Å². The molecule has 0 spiro atoms. The predicted octanol–water partition coefficient (Wildman–Crippen LogP) is 4.49. The first-order chi connectivity index (χ1) is 19.6. The van der Waals surface area contributed by atoms with Crippen LogP contribution < -0.4 is 5.32 Å². The highest BCUT2D eigenvalue weighted by Crippen LogP contribution is 2.59. The summed E-state index contributed by atoms with van der Waals surface area (Å²) in [6, 6.07) is 6.90. The Labute approximate surface area is 240 Å². The fourth-order valence-electron chi connectivity index (χ4n) is 4.58. The zero-order chi connectivity index (χ0) is 29.2. The molecule has 4 heterocycles. The van der Waals surface area contributed by atoms with Crippen LogP contribution in [0, 0.1) is 0 Å². The maximum absolute atomic E-state index is 13.4. The van der Waals surface area contributed by atoms with Crippen molar-refractivity contribution < 1.29 is 42.6 Å². The number of fused-ring (bicyclic) bond motifs is 1. The van der Waals surface area contributed by atoms with Crippen molar-refractivity contribution in [1.29, 1.82) is 0 Å². The van der Waals surface area contributed by atoms with Crippen LogP contribution in [0.2, 0.25) is 5.02 Å². The van der Waals surface area contributed by atoms with E-state index in [1.807, 2.05) is 6.92 Å². The van der Waals surface area contributed by atoms with Gasteiger partial charge in [-0.2, -0.15) is 0 Å². The maximum atomic E-state index is 13.4. The highest BCUT2D eigenvalue weighted by Gasteiger charge is 2.57. The number of nitrogens with one attached hydrogen (secondary N) is 1. The largest absolute Gasteiger partial charge is 0.477 e. The van der Waals surface area contributed by atoms with Gasteiger partial charge in [-0.15, -0.1) is 0 Å². The molecule has 14 nitrogen and oxygen atoms in total. The summed E-state index contributed by atoms with van der Waals surface area (Å²) < 4.78 is 42.3. The Balaban J connectivity index is 1.31. The summed E-state index contributed by atoms with van der Waals surface area (Å²) in [6.45, 7) is 3.68. The van der Waals surface area contributed by atoms with Crippen molar-refractivity contribution in [3.8, 4) is 0 Å². The van der Waals surface area contributed by atoms with Crippen LogP contribution in [0.4, 0.5) is 10.6 Å². The Morgan fingerprint density at radius 2 is 2.15 bits per heavy atom. The molecule has 222 valence electrons. The second-order valence-corrected chi connectivity index (χ2v) is 11.9. The Morgan fingerprint density at radius 1 is 1.32 bits per heavy atom. The third-order valence-corrected chi connectivity index (χ3v) is 8.48. The Kier molecular flexibility index (Phi) is 8.92. The van der Waals surface area contributed by atoms with Crippen molar-refractivity contribution in [3.05, 3.63) is 47.5 Å². The smallest absolute Gasteiger partial charge is 0.449 e. The fourth-order valence-corrected chi connectivity index (χ4v) is 6.24. The highest BCUT2D eigenvalue weighted by atomic mass is 35.5. The van der Waals surface area contributed by atoms with E-state index in [-0.39, 0.29) is 30.2 Å². The summed E-state index contributed by atoms with van der Waals surface area (Å²) in [5.41, 5.74) is -0.915. The Morgan fingerprint density at radius 3 is 2.93 bits per heavy atom. The van der Waals surface area contributed by atoms with Crippen LogP contribution in [0.3, 0.4) is 0 Å². The molecule has 3 aromatic rings. The number of rotatable bonds is 9. The quantitative estimate of drug-likeness (QED) is 0.229. The summed E-state index contributed by atoms with van der Waals surface area (Å²) in [6.07, 6.45) is -0.355. The fraction of sp³-hybridized carbons (Fsp3) is 0.520. The number of carbonyl (C=O) groups is 1. The number of imidazole rings is 1. The molecule has 2 aromatic heterocycles. The van der Waals surface area contributed by atoms with Crippen LogP contribution in [0.1, 0.15) is 57.4 Å². The summed E-state index contributed by atoms with van der Waals surface area (Å²) in [7, 11) is -4.23. The lowest BCUT2D eigenvalue weighted by atomic mass is 9.99. The third kappa shape index (κ3) is 6.40. The Bertz CT molecular complexity index is 1440. The molecular formula is C25H31ClN5O9P. The molecule has 2 saturated heterocycles. The summed E-state index contributed by atoms with van der Waals surface area (Å²) >= 11 is 6.08. The lowest BCUT2D eigenvalue weighted by Crippen LogP contribution is -2.44. The van der Waals surface area contributed by atoms with Crippen molar-refractivity contribution in [2.24, 2.45) is 0 Å². The molecule has 1 amide bonds. The maximum Gasteiger partial charge on any atom is 0.477 e. The van der Waals surface area contributed by atoms with Crippen LogP contribution in [0.5, 0.6) is 0 Å². The van der Waals surface area contributed by atoms with Gasteiger partial charge in [0.2, 0.25) is 6.29 Å². The van der Waals surface area contributed by atoms with Crippen LogP contribution >= 0.6 is 19.4 Å². The number of amides is 1. The zero-order valence-electron chi connectivity index (χ0n) is 22.4. The van der Waals surface area contributed by atoms with Gasteiger partial charge in [-0.1, -0.05) is 43.5 Å². The van der Waals surface area contributed by atoms with Crippen molar-refractivity contribution in [2.75, 3.05) is 18.5 Å². The number of anilines is 1. The number of hydrogen-bond donors (Lipinski definition) is 3. The van der Waals surface area contributed by atoms with E-state index in [0.717, 1.165) is 19.3 Å². The number of aliphatic hydroxyl groups excluding tert-OH is 1. The summed E-state index contributed by atoms with van der Waals surface area (Å²) in [5.74, 6) is 0.0840. The van der Waals surface area contributed by atoms with Crippen LogP contribution in [0.15, 0.2) is 36.9 Å². The number of unbranched alkanes of at least 4 members (excludes halogenated alkanes) is 2. The first-order valence-electron chi connectivity index (χ1n) is 13.2. The van der Waals surface area contributed by atoms with Crippen molar-refractivity contribution in [3.63, 3.8) is 0 Å². The van der Waals surface area contributed by atoms with E-state index in [0.29, 0.717) is 17.0 Å². The van der Waals surface area contributed by atoms with Gasteiger partial charge in [0, 0.05) is 11.4 Å². The zero-order valence-corrected chi connectivity index (χ0v) is 24.0. The lowest BCUT2D eigenvalue weighted by Gasteiger charge is -2.31. The molecule has 2 aliphatic heterocycles. The second kappa shape index (κ2) is 12.3. The number of halogens is 1. The number of ether oxygens (including phenoxy) is 2. The lowest BCUT2D eigenvalue weighted by molar-refractivity contribution is -0.145. The minimum atomic E-state index is -4.23. The van der Waals surface area contributed by atoms with Gasteiger partial charge >= 0.3 is 13.9 Å².